The third-order valence-corrected chi connectivity index (χ3v) is 7.29. The van der Waals surface area contributed by atoms with E-state index in [4.69, 9.17) is 16.4 Å². The SMILES string of the molecule is O=C1c2ccccc2C(=O)N1OC(=O)C1(NS(=O)(=O)c2ccc(Cl)cc2)CCCCC1. The van der Waals surface area contributed by atoms with E-state index in [0.717, 1.165) is 6.42 Å². The summed E-state index contributed by atoms with van der Waals surface area (Å²) in [6, 6.07) is 11.6. The van der Waals surface area contributed by atoms with Crippen LogP contribution in [0, 0.1) is 0 Å². The average molecular weight is 463 g/mol. The summed E-state index contributed by atoms with van der Waals surface area (Å²) in [4.78, 5) is 43.4. The molecular weight excluding hydrogens is 444 g/mol. The van der Waals surface area contributed by atoms with E-state index in [1.807, 2.05) is 0 Å². The van der Waals surface area contributed by atoms with Crippen LogP contribution in [-0.4, -0.2) is 36.8 Å². The molecule has 10 heteroatoms. The smallest absolute Gasteiger partial charge is 0.328 e. The molecule has 1 aliphatic heterocycles. The minimum absolute atomic E-state index is 0.0598. The quantitative estimate of drug-likeness (QED) is 0.684. The highest BCUT2D eigenvalue weighted by Gasteiger charge is 2.48. The van der Waals surface area contributed by atoms with Crippen molar-refractivity contribution in [3.63, 3.8) is 0 Å². The van der Waals surface area contributed by atoms with Gasteiger partial charge in [-0.05, 0) is 49.2 Å². The number of nitrogens with one attached hydrogen (secondary N) is 1. The van der Waals surface area contributed by atoms with Crippen molar-refractivity contribution in [1.29, 1.82) is 0 Å². The highest BCUT2D eigenvalue weighted by Crippen LogP contribution is 2.33. The van der Waals surface area contributed by atoms with E-state index in [2.05, 4.69) is 4.72 Å². The zero-order valence-electron chi connectivity index (χ0n) is 16.3. The van der Waals surface area contributed by atoms with Gasteiger partial charge in [0.2, 0.25) is 10.0 Å². The molecule has 2 aliphatic rings. The number of sulfonamides is 1. The van der Waals surface area contributed by atoms with Crippen LogP contribution >= 0.6 is 11.6 Å². The van der Waals surface area contributed by atoms with Crippen molar-refractivity contribution in [2.24, 2.45) is 0 Å². The molecule has 8 nitrogen and oxygen atoms in total. The Morgan fingerprint density at radius 2 is 1.48 bits per heavy atom. The van der Waals surface area contributed by atoms with Crippen LogP contribution in [0.4, 0.5) is 0 Å². The Bertz CT molecular complexity index is 1120. The lowest BCUT2D eigenvalue weighted by Crippen LogP contribution is -2.57. The lowest BCUT2D eigenvalue weighted by atomic mass is 9.83. The first-order valence-electron chi connectivity index (χ1n) is 9.73. The van der Waals surface area contributed by atoms with Gasteiger partial charge < -0.3 is 4.84 Å². The molecule has 1 aliphatic carbocycles. The van der Waals surface area contributed by atoms with Crippen LogP contribution in [0.25, 0.3) is 0 Å². The maximum atomic E-state index is 13.2. The van der Waals surface area contributed by atoms with Crippen LogP contribution in [0.5, 0.6) is 0 Å². The van der Waals surface area contributed by atoms with Crippen molar-refractivity contribution in [2.75, 3.05) is 0 Å². The minimum Gasteiger partial charge on any atom is -0.328 e. The van der Waals surface area contributed by atoms with Crippen LogP contribution < -0.4 is 4.72 Å². The van der Waals surface area contributed by atoms with Gasteiger partial charge in [-0.25, -0.2) is 13.2 Å². The number of benzene rings is 2. The van der Waals surface area contributed by atoms with Crippen molar-refractivity contribution in [3.8, 4) is 0 Å². The molecule has 0 aromatic heterocycles. The van der Waals surface area contributed by atoms with Gasteiger partial charge in [0, 0.05) is 5.02 Å². The van der Waals surface area contributed by atoms with Crippen molar-refractivity contribution >= 4 is 39.4 Å². The monoisotopic (exact) mass is 462 g/mol. The second kappa shape index (κ2) is 8.07. The Kier molecular flexibility index (Phi) is 5.59. The van der Waals surface area contributed by atoms with Gasteiger partial charge in [-0.2, -0.15) is 4.72 Å². The predicted octanol–water partition coefficient (Wildman–Crippen LogP) is 3.08. The topological polar surface area (TPSA) is 110 Å². The summed E-state index contributed by atoms with van der Waals surface area (Å²) in [5, 5.41) is 0.774. The Hall–Kier alpha value is -2.75. The molecular formula is C21H19ClN2O6S. The average Bonchev–Trinajstić information content (AvgIpc) is 2.99. The van der Waals surface area contributed by atoms with E-state index in [-0.39, 0.29) is 28.9 Å². The Morgan fingerprint density at radius 1 is 0.935 bits per heavy atom. The number of amides is 2. The summed E-state index contributed by atoms with van der Waals surface area (Å²) in [6.45, 7) is 0. The first-order valence-corrected chi connectivity index (χ1v) is 11.6. The van der Waals surface area contributed by atoms with Gasteiger partial charge in [0.25, 0.3) is 11.8 Å². The lowest BCUT2D eigenvalue weighted by molar-refractivity contribution is -0.177. The summed E-state index contributed by atoms with van der Waals surface area (Å²) in [7, 11) is -4.09. The van der Waals surface area contributed by atoms with E-state index in [1.165, 1.54) is 36.4 Å². The summed E-state index contributed by atoms with van der Waals surface area (Å²) in [6.07, 6.45) is 2.36. The number of hydrogen-bond donors (Lipinski definition) is 1. The maximum Gasteiger partial charge on any atom is 0.354 e. The van der Waals surface area contributed by atoms with Crippen molar-refractivity contribution in [2.45, 2.75) is 42.5 Å². The van der Waals surface area contributed by atoms with Gasteiger partial charge in [-0.15, -0.1) is 0 Å². The van der Waals surface area contributed by atoms with E-state index in [9.17, 15) is 22.8 Å². The van der Waals surface area contributed by atoms with E-state index in [1.54, 1.807) is 12.1 Å². The molecule has 162 valence electrons. The molecule has 31 heavy (non-hydrogen) atoms. The predicted molar refractivity (Wildman–Crippen MR) is 111 cm³/mol. The largest absolute Gasteiger partial charge is 0.354 e. The molecule has 1 N–H and O–H groups in total. The number of nitrogens with zero attached hydrogens (tertiary/aromatic N) is 1. The van der Waals surface area contributed by atoms with Crippen molar-refractivity contribution in [1.82, 2.24) is 9.79 Å². The molecule has 0 spiro atoms. The van der Waals surface area contributed by atoms with Gasteiger partial charge in [-0.3, -0.25) is 9.59 Å². The zero-order chi connectivity index (χ0) is 22.2. The second-order valence-electron chi connectivity index (χ2n) is 7.53. The summed E-state index contributed by atoms with van der Waals surface area (Å²) in [5.74, 6) is -2.51. The number of halogens is 1. The van der Waals surface area contributed by atoms with Gasteiger partial charge in [-0.1, -0.05) is 48.1 Å². The van der Waals surface area contributed by atoms with Crippen molar-refractivity contribution in [3.05, 3.63) is 64.7 Å². The first-order chi connectivity index (χ1) is 14.7. The highest BCUT2D eigenvalue weighted by atomic mass is 35.5. The normalized spacial score (nSPS) is 18.0. The fourth-order valence-electron chi connectivity index (χ4n) is 3.85. The maximum absolute atomic E-state index is 13.2. The zero-order valence-corrected chi connectivity index (χ0v) is 17.9. The number of imide groups is 1. The van der Waals surface area contributed by atoms with Gasteiger partial charge in [0.15, 0.2) is 0 Å². The van der Waals surface area contributed by atoms with Crippen LogP contribution in [0.2, 0.25) is 5.02 Å². The second-order valence-corrected chi connectivity index (χ2v) is 9.65. The highest BCUT2D eigenvalue weighted by molar-refractivity contribution is 7.89. The van der Waals surface area contributed by atoms with Crippen LogP contribution in [0.15, 0.2) is 53.4 Å². The standard InChI is InChI=1S/C21H19ClN2O6S/c22-14-8-10-15(11-9-14)31(28,29)23-21(12-4-1-5-13-21)20(27)30-24-18(25)16-6-2-3-7-17(16)19(24)26/h2-3,6-11,23H,1,4-5,12-13H2. The first kappa shape index (κ1) is 21.5. The molecule has 0 radical (unpaired) electrons. The van der Waals surface area contributed by atoms with Crippen molar-refractivity contribution < 1.29 is 27.6 Å². The van der Waals surface area contributed by atoms with Gasteiger partial charge in [0.05, 0.1) is 16.0 Å². The Morgan fingerprint density at radius 3 is 2.03 bits per heavy atom. The molecule has 1 saturated carbocycles. The Labute approximate surface area is 184 Å². The molecule has 4 rings (SSSR count). The third kappa shape index (κ3) is 3.96. The number of hydroxylamine groups is 2. The summed E-state index contributed by atoms with van der Waals surface area (Å²) in [5.41, 5.74) is -1.34. The molecule has 0 bridgehead atoms. The molecule has 2 aromatic carbocycles. The summed E-state index contributed by atoms with van der Waals surface area (Å²) < 4.78 is 28.4. The molecule has 2 aromatic rings. The number of fused-ring (bicyclic) bond motifs is 1. The minimum atomic E-state index is -4.09. The number of carbonyl (C=O) groups is 3. The number of carbonyl (C=O) groups excluding carboxylic acids is 3. The summed E-state index contributed by atoms with van der Waals surface area (Å²) >= 11 is 5.83. The Balaban J connectivity index is 1.61. The fraction of sp³-hybridized carbons (Fsp3) is 0.286. The van der Waals surface area contributed by atoms with Crippen LogP contribution in [-0.2, 0) is 19.7 Å². The van der Waals surface area contributed by atoms with Crippen LogP contribution in [0.3, 0.4) is 0 Å². The fourth-order valence-corrected chi connectivity index (χ4v) is 5.39. The molecule has 0 atom stereocenters. The van der Waals surface area contributed by atoms with E-state index in [0.29, 0.717) is 22.9 Å². The molecule has 1 heterocycles. The van der Waals surface area contributed by atoms with Gasteiger partial charge in [0.1, 0.15) is 5.54 Å². The lowest BCUT2D eigenvalue weighted by Gasteiger charge is -2.35. The van der Waals surface area contributed by atoms with E-state index < -0.39 is 33.3 Å². The third-order valence-electron chi connectivity index (χ3n) is 5.48. The molecule has 2 amide bonds. The van der Waals surface area contributed by atoms with Crippen LogP contribution in [0.1, 0.15) is 52.8 Å². The number of hydrogen-bond acceptors (Lipinski definition) is 6. The van der Waals surface area contributed by atoms with Gasteiger partial charge >= 0.3 is 5.97 Å². The number of rotatable bonds is 5. The van der Waals surface area contributed by atoms with E-state index >= 15 is 0 Å². The molecule has 0 saturated heterocycles. The molecule has 0 unspecified atom stereocenters. The molecule has 1 fully saturated rings.